The van der Waals surface area contributed by atoms with Gasteiger partial charge in [0.15, 0.2) is 5.82 Å². The van der Waals surface area contributed by atoms with Gasteiger partial charge >= 0.3 is 0 Å². The van der Waals surface area contributed by atoms with E-state index >= 15 is 0 Å². The molecule has 5 rings (SSSR count). The molecule has 0 spiro atoms. The lowest BCUT2D eigenvalue weighted by molar-refractivity contribution is 0.591. The number of pyridine rings is 1. The van der Waals surface area contributed by atoms with Crippen molar-refractivity contribution >= 4 is 5.82 Å². The van der Waals surface area contributed by atoms with Crippen LogP contribution in [0.1, 0.15) is 41.3 Å². The number of hydrogen-bond donors (Lipinski definition) is 2. The third kappa shape index (κ3) is 3.19. The van der Waals surface area contributed by atoms with Crippen molar-refractivity contribution in [1.82, 2.24) is 20.3 Å². The molecule has 0 fully saturated rings. The first-order valence-corrected chi connectivity index (χ1v) is 9.75. The van der Waals surface area contributed by atoms with Crippen LogP contribution in [0.3, 0.4) is 0 Å². The van der Waals surface area contributed by atoms with Crippen LogP contribution in [-0.2, 0) is 19.4 Å². The van der Waals surface area contributed by atoms with Gasteiger partial charge in [-0.1, -0.05) is 30.3 Å². The van der Waals surface area contributed by atoms with Crippen LogP contribution in [0.25, 0.3) is 11.5 Å². The average Bonchev–Trinajstić information content (AvgIpc) is 2.74. The quantitative estimate of drug-likeness (QED) is 0.749. The van der Waals surface area contributed by atoms with E-state index in [1.54, 1.807) is 6.20 Å². The highest BCUT2D eigenvalue weighted by molar-refractivity contribution is 5.58. The van der Waals surface area contributed by atoms with Crippen LogP contribution >= 0.6 is 0 Å². The Balaban J connectivity index is 1.56. The van der Waals surface area contributed by atoms with Crippen LogP contribution in [0.5, 0.6) is 0 Å². The Morgan fingerprint density at radius 1 is 1.00 bits per heavy atom. The van der Waals surface area contributed by atoms with E-state index in [4.69, 9.17) is 9.97 Å². The van der Waals surface area contributed by atoms with Gasteiger partial charge in [0.2, 0.25) is 0 Å². The zero-order chi connectivity index (χ0) is 18.1. The Morgan fingerprint density at radius 2 is 1.93 bits per heavy atom. The number of aryl methyl sites for hydroxylation is 1. The minimum absolute atomic E-state index is 0.306. The highest BCUT2D eigenvalue weighted by atomic mass is 15.1. The van der Waals surface area contributed by atoms with Crippen molar-refractivity contribution in [2.45, 2.75) is 38.3 Å². The first kappa shape index (κ1) is 16.4. The topological polar surface area (TPSA) is 62.7 Å². The van der Waals surface area contributed by atoms with Crippen molar-refractivity contribution in [3.63, 3.8) is 0 Å². The molecule has 2 aliphatic rings. The van der Waals surface area contributed by atoms with Crippen molar-refractivity contribution in [2.24, 2.45) is 0 Å². The maximum Gasteiger partial charge on any atom is 0.180 e. The Bertz CT molecular complexity index is 954. The number of anilines is 1. The van der Waals surface area contributed by atoms with E-state index in [1.165, 1.54) is 29.5 Å². The van der Waals surface area contributed by atoms with Crippen LogP contribution in [0.2, 0.25) is 0 Å². The first-order valence-electron chi connectivity index (χ1n) is 9.75. The molecule has 5 heteroatoms. The first-order chi connectivity index (χ1) is 13.4. The summed E-state index contributed by atoms with van der Waals surface area (Å²) in [4.78, 5) is 14.2. The largest absolute Gasteiger partial charge is 0.363 e. The predicted octanol–water partition coefficient (Wildman–Crippen LogP) is 3.67. The van der Waals surface area contributed by atoms with E-state index < -0.39 is 0 Å². The summed E-state index contributed by atoms with van der Waals surface area (Å²) in [5, 5.41) is 7.20. The number of fused-ring (bicyclic) bond motifs is 2. The van der Waals surface area contributed by atoms with Crippen molar-refractivity contribution in [3.8, 4) is 11.5 Å². The van der Waals surface area contributed by atoms with Crippen molar-refractivity contribution in [3.05, 3.63) is 71.0 Å². The van der Waals surface area contributed by atoms with Crippen LogP contribution in [-0.4, -0.2) is 21.5 Å². The standard InChI is InChI=1S/C22H23N5/c1-2-8-16-15(6-1)7-5-10-18(16)25-21-17-11-13-23-14-20(17)26-22(27-21)19-9-3-4-12-24-19/h1-4,6,8-9,12,18,23H,5,7,10-11,13-14H2,(H,25,26,27)/t18-/m1/s1. The maximum absolute atomic E-state index is 4.91. The third-order valence-electron chi connectivity index (χ3n) is 5.51. The van der Waals surface area contributed by atoms with Gasteiger partial charge in [0, 0.05) is 18.3 Å². The molecule has 1 aliphatic heterocycles. The molecule has 0 saturated carbocycles. The molecule has 27 heavy (non-hydrogen) atoms. The van der Waals surface area contributed by atoms with Gasteiger partial charge < -0.3 is 10.6 Å². The SMILES string of the molecule is c1ccc(-c2nc3c(c(N[C@@H]4CCCc5ccccc54)n2)CCNC3)nc1. The summed E-state index contributed by atoms with van der Waals surface area (Å²) in [6.07, 6.45) is 6.25. The van der Waals surface area contributed by atoms with Gasteiger partial charge in [-0.25, -0.2) is 9.97 Å². The van der Waals surface area contributed by atoms with Gasteiger partial charge in [-0.3, -0.25) is 4.98 Å². The molecule has 1 atom stereocenters. The molecule has 0 saturated heterocycles. The third-order valence-corrected chi connectivity index (χ3v) is 5.51. The second kappa shape index (κ2) is 7.08. The summed E-state index contributed by atoms with van der Waals surface area (Å²) >= 11 is 0. The molecule has 1 aromatic carbocycles. The van der Waals surface area contributed by atoms with Gasteiger partial charge in [-0.2, -0.15) is 0 Å². The maximum atomic E-state index is 4.91. The number of hydrogen-bond acceptors (Lipinski definition) is 5. The number of rotatable bonds is 3. The van der Waals surface area contributed by atoms with Gasteiger partial charge in [0.05, 0.1) is 11.7 Å². The van der Waals surface area contributed by atoms with E-state index in [2.05, 4.69) is 39.9 Å². The Kier molecular flexibility index (Phi) is 4.30. The molecular formula is C22H23N5. The smallest absolute Gasteiger partial charge is 0.180 e. The fraction of sp³-hybridized carbons (Fsp3) is 0.318. The zero-order valence-corrected chi connectivity index (χ0v) is 15.3. The monoisotopic (exact) mass is 357 g/mol. The van der Waals surface area contributed by atoms with Gasteiger partial charge in [0.25, 0.3) is 0 Å². The summed E-state index contributed by atoms with van der Waals surface area (Å²) in [6, 6.07) is 15.0. The van der Waals surface area contributed by atoms with Crippen LogP contribution < -0.4 is 10.6 Å². The fourth-order valence-electron chi connectivity index (χ4n) is 4.16. The molecule has 3 aromatic rings. The number of benzene rings is 1. The van der Waals surface area contributed by atoms with Crippen LogP contribution in [0.4, 0.5) is 5.82 Å². The summed E-state index contributed by atoms with van der Waals surface area (Å²) in [7, 11) is 0. The molecule has 3 heterocycles. The van der Waals surface area contributed by atoms with E-state index in [-0.39, 0.29) is 0 Å². The number of nitrogens with one attached hydrogen (secondary N) is 2. The molecule has 0 unspecified atom stereocenters. The molecule has 1 aliphatic carbocycles. The number of nitrogens with zero attached hydrogens (tertiary/aromatic N) is 3. The molecule has 136 valence electrons. The lowest BCUT2D eigenvalue weighted by Crippen LogP contribution is -2.27. The van der Waals surface area contributed by atoms with Crippen molar-refractivity contribution in [2.75, 3.05) is 11.9 Å². The number of aromatic nitrogens is 3. The summed E-state index contributed by atoms with van der Waals surface area (Å²) in [6.45, 7) is 1.75. The Labute approximate surface area is 159 Å². The van der Waals surface area contributed by atoms with E-state index in [9.17, 15) is 0 Å². The molecule has 0 bridgehead atoms. The summed E-state index contributed by atoms with van der Waals surface area (Å²) in [5.41, 5.74) is 6.01. The minimum Gasteiger partial charge on any atom is -0.363 e. The zero-order valence-electron chi connectivity index (χ0n) is 15.3. The Morgan fingerprint density at radius 3 is 2.85 bits per heavy atom. The second-order valence-corrected chi connectivity index (χ2v) is 7.25. The normalized spacial score (nSPS) is 18.4. The van der Waals surface area contributed by atoms with Gasteiger partial charge in [-0.15, -0.1) is 0 Å². The Hall–Kier alpha value is -2.79. The average molecular weight is 357 g/mol. The summed E-state index contributed by atoms with van der Waals surface area (Å²) in [5.74, 6) is 1.67. The predicted molar refractivity (Wildman–Crippen MR) is 106 cm³/mol. The molecule has 5 nitrogen and oxygen atoms in total. The van der Waals surface area contributed by atoms with Crippen molar-refractivity contribution in [1.29, 1.82) is 0 Å². The highest BCUT2D eigenvalue weighted by Gasteiger charge is 2.24. The lowest BCUT2D eigenvalue weighted by Gasteiger charge is -2.29. The van der Waals surface area contributed by atoms with E-state index in [0.717, 1.165) is 43.1 Å². The van der Waals surface area contributed by atoms with Crippen LogP contribution in [0.15, 0.2) is 48.7 Å². The highest BCUT2D eigenvalue weighted by Crippen LogP contribution is 2.34. The molecule has 2 aromatic heterocycles. The van der Waals surface area contributed by atoms with Gasteiger partial charge in [-0.05, 0) is 55.5 Å². The molecule has 2 N–H and O–H groups in total. The van der Waals surface area contributed by atoms with E-state index in [0.29, 0.717) is 11.9 Å². The minimum atomic E-state index is 0.306. The molecule has 0 amide bonds. The second-order valence-electron chi connectivity index (χ2n) is 7.25. The lowest BCUT2D eigenvalue weighted by atomic mass is 9.87. The molecule has 0 radical (unpaired) electrons. The molecular weight excluding hydrogens is 334 g/mol. The summed E-state index contributed by atoms with van der Waals surface area (Å²) < 4.78 is 0. The van der Waals surface area contributed by atoms with Crippen LogP contribution in [0, 0.1) is 0 Å². The van der Waals surface area contributed by atoms with Crippen molar-refractivity contribution < 1.29 is 0 Å². The van der Waals surface area contributed by atoms with Gasteiger partial charge in [0.1, 0.15) is 11.5 Å². The fourth-order valence-corrected chi connectivity index (χ4v) is 4.16. The van der Waals surface area contributed by atoms with E-state index in [1.807, 2.05) is 18.2 Å².